The van der Waals surface area contributed by atoms with E-state index in [1.54, 1.807) is 4.90 Å². The van der Waals surface area contributed by atoms with Crippen molar-refractivity contribution < 1.29 is 9.53 Å². The maximum absolute atomic E-state index is 11.4. The summed E-state index contributed by atoms with van der Waals surface area (Å²) in [7, 11) is 0. The summed E-state index contributed by atoms with van der Waals surface area (Å²) in [6.45, 7) is 4.16. The molecule has 2 aliphatic heterocycles. The standard InChI is InChI=1S/C12H19NO2/c1-3-4-5-6-7-10-11-8-9(2)15-12(14)13(10)11/h7,9,11H,3-6,8H2,1-2H3. The molecule has 0 aromatic heterocycles. The van der Waals surface area contributed by atoms with Gasteiger partial charge in [0.1, 0.15) is 6.10 Å². The molecule has 0 aromatic rings. The fourth-order valence-corrected chi connectivity index (χ4v) is 2.18. The van der Waals surface area contributed by atoms with Gasteiger partial charge in [-0.3, -0.25) is 4.90 Å². The van der Waals surface area contributed by atoms with Crippen molar-refractivity contribution in [3.05, 3.63) is 11.8 Å². The van der Waals surface area contributed by atoms with Gasteiger partial charge in [-0.25, -0.2) is 4.79 Å². The highest BCUT2D eigenvalue weighted by Crippen LogP contribution is 2.41. The zero-order valence-electron chi connectivity index (χ0n) is 9.53. The van der Waals surface area contributed by atoms with Gasteiger partial charge in [0.05, 0.1) is 6.04 Å². The summed E-state index contributed by atoms with van der Waals surface area (Å²) in [6.07, 6.45) is 7.94. The van der Waals surface area contributed by atoms with E-state index in [0.717, 1.165) is 12.8 Å². The number of hydrogen-bond donors (Lipinski definition) is 0. The van der Waals surface area contributed by atoms with E-state index in [-0.39, 0.29) is 12.2 Å². The van der Waals surface area contributed by atoms with Crippen LogP contribution in [0.25, 0.3) is 0 Å². The number of ether oxygens (including phenoxy) is 1. The Kier molecular flexibility index (Phi) is 2.98. The summed E-state index contributed by atoms with van der Waals surface area (Å²) in [6, 6.07) is 0.364. The zero-order chi connectivity index (χ0) is 10.8. The van der Waals surface area contributed by atoms with Crippen LogP contribution < -0.4 is 0 Å². The molecule has 15 heavy (non-hydrogen) atoms. The van der Waals surface area contributed by atoms with Gasteiger partial charge >= 0.3 is 6.09 Å². The van der Waals surface area contributed by atoms with Crippen LogP contribution in [0.1, 0.15) is 46.0 Å². The minimum absolute atomic E-state index is 0.0836. The molecule has 2 heterocycles. The van der Waals surface area contributed by atoms with Gasteiger partial charge in [0.25, 0.3) is 0 Å². The Labute approximate surface area is 91.1 Å². The molecule has 0 spiro atoms. The minimum atomic E-state index is -0.152. The molecule has 0 aromatic carbocycles. The molecular formula is C12H19NO2. The Hall–Kier alpha value is -0.990. The molecule has 2 atom stereocenters. The SMILES string of the molecule is CCCCCC=C1C2CC(C)OC(=O)N12. The average molecular weight is 209 g/mol. The lowest BCUT2D eigenvalue weighted by atomic mass is 10.1. The Morgan fingerprint density at radius 2 is 2.33 bits per heavy atom. The van der Waals surface area contributed by atoms with E-state index in [2.05, 4.69) is 13.0 Å². The number of allylic oxidation sites excluding steroid dienone is 1. The van der Waals surface area contributed by atoms with Gasteiger partial charge in [0.15, 0.2) is 0 Å². The van der Waals surface area contributed by atoms with Gasteiger partial charge in [-0.1, -0.05) is 25.8 Å². The molecule has 0 radical (unpaired) electrons. The van der Waals surface area contributed by atoms with Crippen LogP contribution in [0.4, 0.5) is 4.79 Å². The fourth-order valence-electron chi connectivity index (χ4n) is 2.18. The normalized spacial score (nSPS) is 31.5. The van der Waals surface area contributed by atoms with Crippen molar-refractivity contribution in [1.82, 2.24) is 4.90 Å². The summed E-state index contributed by atoms with van der Waals surface area (Å²) in [5.41, 5.74) is 1.19. The molecule has 1 amide bonds. The highest BCUT2D eigenvalue weighted by molar-refractivity contribution is 5.77. The smallest absolute Gasteiger partial charge is 0.414 e. The summed E-state index contributed by atoms with van der Waals surface area (Å²) in [5, 5.41) is 0. The number of fused-ring (bicyclic) bond motifs is 1. The third-order valence-electron chi connectivity index (χ3n) is 3.08. The maximum Gasteiger partial charge on any atom is 0.414 e. The molecule has 2 rings (SSSR count). The lowest BCUT2D eigenvalue weighted by Crippen LogP contribution is -2.28. The molecule has 84 valence electrons. The molecule has 3 heteroatoms. The molecule has 0 bridgehead atoms. The predicted molar refractivity (Wildman–Crippen MR) is 58.4 cm³/mol. The molecule has 2 aliphatic rings. The van der Waals surface area contributed by atoms with E-state index in [1.807, 2.05) is 6.92 Å². The predicted octanol–water partition coefficient (Wildman–Crippen LogP) is 3.06. The van der Waals surface area contributed by atoms with Crippen LogP contribution in [-0.4, -0.2) is 23.1 Å². The quantitative estimate of drug-likeness (QED) is 0.526. The Balaban J connectivity index is 1.84. The van der Waals surface area contributed by atoms with E-state index in [9.17, 15) is 4.79 Å². The van der Waals surface area contributed by atoms with Crippen LogP contribution in [0.15, 0.2) is 11.8 Å². The largest absolute Gasteiger partial charge is 0.446 e. The molecule has 2 saturated heterocycles. The minimum Gasteiger partial charge on any atom is -0.446 e. The molecule has 0 saturated carbocycles. The zero-order valence-corrected chi connectivity index (χ0v) is 9.53. The number of cyclic esters (lactones) is 1. The van der Waals surface area contributed by atoms with Crippen molar-refractivity contribution in [2.75, 3.05) is 0 Å². The number of rotatable bonds is 4. The Morgan fingerprint density at radius 3 is 3.07 bits per heavy atom. The summed E-state index contributed by atoms with van der Waals surface area (Å²) in [5.74, 6) is 0. The molecule has 2 fully saturated rings. The number of hydrogen-bond acceptors (Lipinski definition) is 2. The second-order valence-electron chi connectivity index (χ2n) is 4.44. The first kappa shape index (κ1) is 10.5. The van der Waals surface area contributed by atoms with E-state index in [1.165, 1.54) is 25.0 Å². The lowest BCUT2D eigenvalue weighted by molar-refractivity contribution is 0.0671. The van der Waals surface area contributed by atoms with Gasteiger partial charge < -0.3 is 4.74 Å². The maximum atomic E-state index is 11.4. The van der Waals surface area contributed by atoms with Crippen molar-refractivity contribution in [1.29, 1.82) is 0 Å². The van der Waals surface area contributed by atoms with Gasteiger partial charge in [-0.05, 0) is 19.8 Å². The molecule has 0 aliphatic carbocycles. The molecular weight excluding hydrogens is 190 g/mol. The summed E-state index contributed by atoms with van der Waals surface area (Å²) >= 11 is 0. The van der Waals surface area contributed by atoms with Crippen LogP contribution in [-0.2, 0) is 4.74 Å². The number of unbranched alkanes of at least 4 members (excludes halogenated alkanes) is 3. The second kappa shape index (κ2) is 4.25. The Bertz CT molecular complexity index is 285. The van der Waals surface area contributed by atoms with Gasteiger partial charge in [-0.15, -0.1) is 0 Å². The topological polar surface area (TPSA) is 29.3 Å². The first-order chi connectivity index (χ1) is 7.24. The van der Waals surface area contributed by atoms with Crippen LogP contribution >= 0.6 is 0 Å². The first-order valence-electron chi connectivity index (χ1n) is 5.94. The monoisotopic (exact) mass is 209 g/mol. The Morgan fingerprint density at radius 1 is 1.53 bits per heavy atom. The fraction of sp³-hybridized carbons (Fsp3) is 0.750. The van der Waals surface area contributed by atoms with Crippen LogP contribution in [0.3, 0.4) is 0 Å². The summed E-state index contributed by atoms with van der Waals surface area (Å²) < 4.78 is 5.14. The van der Waals surface area contributed by atoms with E-state index < -0.39 is 0 Å². The van der Waals surface area contributed by atoms with Crippen molar-refractivity contribution in [2.24, 2.45) is 0 Å². The number of carbonyl (C=O) groups is 1. The number of nitrogens with zero attached hydrogens (tertiary/aromatic N) is 1. The van der Waals surface area contributed by atoms with E-state index in [4.69, 9.17) is 4.74 Å². The number of amides is 1. The summed E-state index contributed by atoms with van der Waals surface area (Å²) in [4.78, 5) is 13.2. The highest BCUT2D eigenvalue weighted by Gasteiger charge is 2.50. The van der Waals surface area contributed by atoms with E-state index >= 15 is 0 Å². The van der Waals surface area contributed by atoms with E-state index in [0.29, 0.717) is 6.04 Å². The second-order valence-corrected chi connectivity index (χ2v) is 4.44. The third kappa shape index (κ3) is 2.16. The molecule has 2 unspecified atom stereocenters. The van der Waals surface area contributed by atoms with Crippen molar-refractivity contribution in [3.63, 3.8) is 0 Å². The van der Waals surface area contributed by atoms with Crippen LogP contribution in [0.2, 0.25) is 0 Å². The van der Waals surface area contributed by atoms with Gasteiger partial charge in [0, 0.05) is 12.1 Å². The van der Waals surface area contributed by atoms with Gasteiger partial charge in [0.2, 0.25) is 0 Å². The number of carbonyl (C=O) groups excluding carboxylic acids is 1. The third-order valence-corrected chi connectivity index (χ3v) is 3.08. The highest BCUT2D eigenvalue weighted by atomic mass is 16.6. The van der Waals surface area contributed by atoms with Gasteiger partial charge in [-0.2, -0.15) is 0 Å². The first-order valence-corrected chi connectivity index (χ1v) is 5.94. The van der Waals surface area contributed by atoms with Crippen molar-refractivity contribution >= 4 is 6.09 Å². The van der Waals surface area contributed by atoms with Crippen LogP contribution in [0, 0.1) is 0 Å². The molecule has 0 N–H and O–H groups in total. The average Bonchev–Trinajstić information content (AvgIpc) is 2.86. The van der Waals surface area contributed by atoms with Crippen molar-refractivity contribution in [3.8, 4) is 0 Å². The lowest BCUT2D eigenvalue weighted by Gasteiger charge is -2.17. The molecule has 3 nitrogen and oxygen atoms in total. The van der Waals surface area contributed by atoms with Crippen molar-refractivity contribution in [2.45, 2.75) is 58.1 Å². The van der Waals surface area contributed by atoms with Crippen LogP contribution in [0.5, 0.6) is 0 Å².